The number of hydrogen-bond donors (Lipinski definition) is 5. The minimum Gasteiger partial charge on any atom is -0.480 e. The first-order valence-electron chi connectivity index (χ1n) is 11.4. The molecule has 4 rings (SSSR count). The van der Waals surface area contributed by atoms with Crippen LogP contribution in [-0.4, -0.2) is 51.4 Å². The van der Waals surface area contributed by atoms with Gasteiger partial charge >= 0.3 is 17.9 Å². The third kappa shape index (κ3) is 6.56. The molecule has 39 heavy (non-hydrogen) atoms. The predicted molar refractivity (Wildman–Crippen MR) is 145 cm³/mol. The molecule has 6 N–H and O–H groups in total. The van der Waals surface area contributed by atoms with Gasteiger partial charge in [0, 0.05) is 17.8 Å². The normalized spacial score (nSPS) is 10.6. The summed E-state index contributed by atoms with van der Waals surface area (Å²) in [6.45, 7) is -0.661. The Morgan fingerprint density at radius 1 is 1.00 bits per heavy atom. The first kappa shape index (κ1) is 26.8. The van der Waals surface area contributed by atoms with Crippen molar-refractivity contribution in [1.82, 2.24) is 4.90 Å². The molecule has 0 bridgehead atoms. The lowest BCUT2D eigenvalue weighted by Gasteiger charge is -2.21. The van der Waals surface area contributed by atoms with Crippen LogP contribution < -0.4 is 15.8 Å². The number of nitrogens with one attached hydrogen (secondary N) is 2. The van der Waals surface area contributed by atoms with E-state index < -0.39 is 30.4 Å². The second kappa shape index (κ2) is 11.4. The average Bonchev–Trinajstić information content (AvgIpc) is 3.36. The Hall–Kier alpha value is -5.23. The fourth-order valence-electron chi connectivity index (χ4n) is 3.85. The molecule has 1 heterocycles. The predicted octanol–water partition coefficient (Wildman–Crippen LogP) is 3.85. The van der Waals surface area contributed by atoms with Crippen molar-refractivity contribution >= 4 is 57.6 Å². The van der Waals surface area contributed by atoms with E-state index in [4.69, 9.17) is 21.0 Å². The van der Waals surface area contributed by atoms with E-state index in [1.54, 1.807) is 47.8 Å². The molecule has 0 spiro atoms. The molecule has 3 aromatic carbocycles. The molecule has 12 heteroatoms. The Labute approximate surface area is 225 Å². The quantitative estimate of drug-likeness (QED) is 0.0900. The maximum absolute atomic E-state index is 13.4. The summed E-state index contributed by atoms with van der Waals surface area (Å²) < 4.78 is 5.48. The van der Waals surface area contributed by atoms with Gasteiger partial charge in [0.05, 0.1) is 5.56 Å². The van der Waals surface area contributed by atoms with Crippen molar-refractivity contribution in [2.45, 2.75) is 6.54 Å². The molecule has 11 nitrogen and oxygen atoms in total. The minimum atomic E-state index is -1.21. The maximum Gasteiger partial charge on any atom is 0.345 e. The monoisotopic (exact) mass is 546 g/mol. The van der Waals surface area contributed by atoms with Crippen LogP contribution in [0.3, 0.4) is 0 Å². The number of aliphatic carboxylic acids is 1. The van der Waals surface area contributed by atoms with Crippen LogP contribution in [0.4, 0.5) is 5.69 Å². The van der Waals surface area contributed by atoms with Crippen molar-refractivity contribution in [2.24, 2.45) is 5.73 Å². The number of ether oxygens (including phenoxy) is 1. The number of benzene rings is 3. The summed E-state index contributed by atoms with van der Waals surface area (Å²) in [5.74, 6) is -3.46. The van der Waals surface area contributed by atoms with Gasteiger partial charge in [-0.1, -0.05) is 12.1 Å². The molecule has 0 aliphatic rings. The van der Waals surface area contributed by atoms with E-state index in [-0.39, 0.29) is 34.3 Å². The summed E-state index contributed by atoms with van der Waals surface area (Å²) in [4.78, 5) is 49.9. The van der Waals surface area contributed by atoms with Gasteiger partial charge in [0.25, 0.3) is 5.91 Å². The maximum atomic E-state index is 13.4. The molecule has 0 aliphatic carbocycles. The molecule has 0 radical (unpaired) electrons. The van der Waals surface area contributed by atoms with Crippen molar-refractivity contribution in [2.75, 3.05) is 11.9 Å². The highest BCUT2D eigenvalue weighted by Gasteiger charge is 2.22. The van der Waals surface area contributed by atoms with Crippen LogP contribution in [0.1, 0.15) is 36.0 Å². The first-order valence-corrected chi connectivity index (χ1v) is 12.3. The lowest BCUT2D eigenvalue weighted by atomic mass is 10.0. The van der Waals surface area contributed by atoms with Gasteiger partial charge < -0.3 is 30.9 Å². The highest BCUT2D eigenvalue weighted by molar-refractivity contribution is 7.12. The summed E-state index contributed by atoms with van der Waals surface area (Å²) in [5, 5.41) is 31.1. The fraction of sp³-hybridized carbons (Fsp3) is 0.0741. The largest absolute Gasteiger partial charge is 0.480 e. The molecular weight excluding hydrogens is 524 g/mol. The zero-order valence-electron chi connectivity index (χ0n) is 20.2. The van der Waals surface area contributed by atoms with Crippen LogP contribution in [0.15, 0.2) is 72.1 Å². The van der Waals surface area contributed by atoms with Gasteiger partial charge in [0.15, 0.2) is 5.96 Å². The molecule has 1 aromatic heterocycles. The number of hydrogen-bond acceptors (Lipinski definition) is 7. The van der Waals surface area contributed by atoms with Gasteiger partial charge in [-0.05, 0) is 76.3 Å². The summed E-state index contributed by atoms with van der Waals surface area (Å²) >= 11 is 0.993. The Morgan fingerprint density at radius 3 is 2.38 bits per heavy atom. The van der Waals surface area contributed by atoms with Crippen LogP contribution in [0.2, 0.25) is 0 Å². The Morgan fingerprint density at radius 2 is 1.74 bits per heavy atom. The van der Waals surface area contributed by atoms with Crippen LogP contribution in [0, 0.1) is 5.41 Å². The fourth-order valence-corrected chi connectivity index (χ4v) is 4.59. The topological polar surface area (TPSA) is 183 Å². The summed E-state index contributed by atoms with van der Waals surface area (Å²) in [6, 6.07) is 17.3. The van der Waals surface area contributed by atoms with Gasteiger partial charge in [-0.15, -0.1) is 11.3 Å². The van der Waals surface area contributed by atoms with Crippen LogP contribution in [-0.2, 0) is 11.3 Å². The zero-order chi connectivity index (χ0) is 28.1. The number of nitrogens with zero attached hydrogens (tertiary/aromatic N) is 1. The molecule has 4 aromatic rings. The SMILES string of the molecule is N=C(N)Nc1ccc(C(=O)Oc2ccc3c(C(=O)N(CC(=O)O)Cc4csc(C(=O)O)c4)cccc3c2)cc1. The van der Waals surface area contributed by atoms with E-state index in [2.05, 4.69) is 5.32 Å². The second-order valence-electron chi connectivity index (χ2n) is 8.37. The third-order valence-corrected chi connectivity index (χ3v) is 6.51. The zero-order valence-corrected chi connectivity index (χ0v) is 21.0. The van der Waals surface area contributed by atoms with E-state index in [0.29, 0.717) is 22.0 Å². The molecular formula is C27H22N4O7S. The molecule has 0 unspecified atom stereocenters. The van der Waals surface area contributed by atoms with E-state index in [9.17, 15) is 24.3 Å². The van der Waals surface area contributed by atoms with Crippen molar-refractivity contribution in [3.05, 3.63) is 93.7 Å². The number of nitrogens with two attached hydrogens (primary N) is 1. The van der Waals surface area contributed by atoms with Gasteiger partial charge in [0.2, 0.25) is 0 Å². The number of esters is 1. The number of carbonyl (C=O) groups is 4. The van der Waals surface area contributed by atoms with Crippen molar-refractivity contribution in [3.63, 3.8) is 0 Å². The number of thiophene rings is 1. The van der Waals surface area contributed by atoms with Gasteiger partial charge in [-0.3, -0.25) is 15.0 Å². The molecule has 0 atom stereocenters. The number of carboxylic acid groups (broad SMARTS) is 2. The average molecular weight is 547 g/mol. The smallest absolute Gasteiger partial charge is 0.345 e. The number of fused-ring (bicyclic) bond motifs is 1. The Bertz CT molecular complexity index is 1600. The van der Waals surface area contributed by atoms with Crippen molar-refractivity contribution in [1.29, 1.82) is 5.41 Å². The van der Waals surface area contributed by atoms with Crippen LogP contribution >= 0.6 is 11.3 Å². The van der Waals surface area contributed by atoms with Crippen LogP contribution in [0.5, 0.6) is 5.75 Å². The molecule has 0 saturated carbocycles. The first-order chi connectivity index (χ1) is 18.6. The van der Waals surface area contributed by atoms with Gasteiger partial charge in [0.1, 0.15) is 17.2 Å². The number of amides is 1. The molecule has 0 aliphatic heterocycles. The lowest BCUT2D eigenvalue weighted by Crippen LogP contribution is -2.35. The van der Waals surface area contributed by atoms with Crippen LogP contribution in [0.25, 0.3) is 10.8 Å². The molecule has 198 valence electrons. The molecule has 0 saturated heterocycles. The minimum absolute atomic E-state index is 0.0816. The summed E-state index contributed by atoms with van der Waals surface area (Å²) in [6.07, 6.45) is 0. The van der Waals surface area contributed by atoms with E-state index in [1.165, 1.54) is 24.3 Å². The number of carbonyl (C=O) groups excluding carboxylic acids is 2. The highest BCUT2D eigenvalue weighted by Crippen LogP contribution is 2.27. The molecule has 0 fully saturated rings. The van der Waals surface area contributed by atoms with E-state index >= 15 is 0 Å². The van der Waals surface area contributed by atoms with E-state index in [0.717, 1.165) is 16.2 Å². The van der Waals surface area contributed by atoms with Gasteiger partial charge in [-0.2, -0.15) is 0 Å². The second-order valence-corrected chi connectivity index (χ2v) is 9.28. The Kier molecular flexibility index (Phi) is 7.87. The highest BCUT2D eigenvalue weighted by atomic mass is 32.1. The number of aromatic carboxylic acids is 1. The summed E-state index contributed by atoms with van der Waals surface area (Å²) in [5.41, 5.74) is 6.86. The third-order valence-electron chi connectivity index (χ3n) is 5.54. The number of anilines is 1. The van der Waals surface area contributed by atoms with Crippen molar-refractivity contribution < 1.29 is 34.1 Å². The summed E-state index contributed by atoms with van der Waals surface area (Å²) in [7, 11) is 0. The van der Waals surface area contributed by atoms with Crippen molar-refractivity contribution in [3.8, 4) is 5.75 Å². The number of carboxylic acids is 2. The molecule has 1 amide bonds. The Balaban J connectivity index is 1.55. The van der Waals surface area contributed by atoms with Gasteiger partial charge in [-0.25, -0.2) is 9.59 Å². The number of guanidine groups is 1. The standard InChI is InChI=1S/C27H22N4O7S/c28-27(29)30-18-6-4-16(5-7-18)26(37)38-19-8-9-20-17(11-19)2-1-3-21(20)24(34)31(13-23(32)33)12-15-10-22(25(35)36)39-14-15/h1-11,14H,12-13H2,(H,32,33)(H,35,36)(H4,28,29,30). The number of rotatable bonds is 9. The van der Waals surface area contributed by atoms with E-state index in [1.807, 2.05) is 0 Å². The lowest BCUT2D eigenvalue weighted by molar-refractivity contribution is -0.137.